The molecule has 178 valence electrons. The number of halogens is 2. The SMILES string of the molecule is C/C=C/CCc1ccc(C#Cc2ccc(C3CCC4CC(/C=C/C)CCC4C3)c(F)c2F)cc1. The van der Waals surface area contributed by atoms with Crippen molar-refractivity contribution in [1.29, 1.82) is 0 Å². The molecule has 0 saturated heterocycles. The molecule has 0 heterocycles. The molecule has 2 aliphatic rings. The predicted molar refractivity (Wildman–Crippen MR) is 138 cm³/mol. The van der Waals surface area contributed by atoms with E-state index in [-0.39, 0.29) is 11.5 Å². The standard InChI is InChI=1S/C32H36F2/c1-3-5-6-8-23-9-11-24(12-10-23)13-15-26-19-20-30(32(34)31(26)33)29-18-17-27-21-25(7-4-2)14-16-28(27)22-29/h3-5,7,9-12,19-20,25,27-29H,6,8,14,16-18,21-22H2,1-2H3/b5-3+,7-4+. The van der Waals surface area contributed by atoms with E-state index < -0.39 is 11.6 Å². The van der Waals surface area contributed by atoms with Crippen molar-refractivity contribution in [2.24, 2.45) is 17.8 Å². The fourth-order valence-electron chi connectivity index (χ4n) is 5.94. The highest BCUT2D eigenvalue weighted by Gasteiger charge is 2.36. The molecule has 0 spiro atoms. The van der Waals surface area contributed by atoms with Gasteiger partial charge in [-0.2, -0.15) is 0 Å². The largest absolute Gasteiger partial charge is 0.203 e. The zero-order chi connectivity index (χ0) is 23.9. The lowest BCUT2D eigenvalue weighted by Crippen LogP contribution is -2.30. The van der Waals surface area contributed by atoms with Crippen LogP contribution in [0.1, 0.15) is 87.0 Å². The monoisotopic (exact) mass is 458 g/mol. The van der Waals surface area contributed by atoms with Crippen molar-refractivity contribution in [2.75, 3.05) is 0 Å². The van der Waals surface area contributed by atoms with Gasteiger partial charge in [-0.1, -0.05) is 54.3 Å². The molecule has 34 heavy (non-hydrogen) atoms. The first-order chi connectivity index (χ1) is 16.6. The Balaban J connectivity index is 1.42. The van der Waals surface area contributed by atoms with Crippen molar-refractivity contribution in [3.63, 3.8) is 0 Å². The molecule has 0 nitrogen and oxygen atoms in total. The molecule has 0 bridgehead atoms. The van der Waals surface area contributed by atoms with Crippen molar-refractivity contribution < 1.29 is 8.78 Å². The van der Waals surface area contributed by atoms with Gasteiger partial charge in [0.25, 0.3) is 0 Å². The van der Waals surface area contributed by atoms with Crippen molar-refractivity contribution in [1.82, 2.24) is 0 Å². The molecule has 4 atom stereocenters. The second kappa shape index (κ2) is 11.7. The molecular formula is C32H36F2. The molecule has 0 amide bonds. The van der Waals surface area contributed by atoms with Gasteiger partial charge in [0.15, 0.2) is 11.6 Å². The highest BCUT2D eigenvalue weighted by Crippen LogP contribution is 2.48. The van der Waals surface area contributed by atoms with E-state index in [4.69, 9.17) is 0 Å². The molecular weight excluding hydrogens is 422 g/mol. The minimum absolute atomic E-state index is 0.117. The van der Waals surface area contributed by atoms with Crippen LogP contribution in [0.15, 0.2) is 60.7 Å². The Kier molecular flexibility index (Phi) is 8.39. The van der Waals surface area contributed by atoms with Crippen LogP contribution in [0.4, 0.5) is 8.78 Å². The average molecular weight is 459 g/mol. The topological polar surface area (TPSA) is 0 Å². The summed E-state index contributed by atoms with van der Waals surface area (Å²) in [6.07, 6.45) is 17.4. The highest BCUT2D eigenvalue weighted by atomic mass is 19.2. The van der Waals surface area contributed by atoms with Crippen LogP contribution in [-0.4, -0.2) is 0 Å². The first-order valence-electron chi connectivity index (χ1n) is 12.9. The predicted octanol–water partition coefficient (Wildman–Crippen LogP) is 8.75. The van der Waals surface area contributed by atoms with E-state index in [1.54, 1.807) is 12.1 Å². The van der Waals surface area contributed by atoms with Crippen molar-refractivity contribution >= 4 is 0 Å². The minimum atomic E-state index is -0.799. The lowest BCUT2D eigenvalue weighted by Gasteiger charge is -2.41. The minimum Gasteiger partial charge on any atom is -0.203 e. The van der Waals surface area contributed by atoms with Gasteiger partial charge in [0, 0.05) is 5.56 Å². The summed E-state index contributed by atoms with van der Waals surface area (Å²) in [4.78, 5) is 0. The number of hydrogen-bond donors (Lipinski definition) is 0. The van der Waals surface area contributed by atoms with E-state index in [2.05, 4.69) is 55.2 Å². The molecule has 4 unspecified atom stereocenters. The number of hydrogen-bond acceptors (Lipinski definition) is 0. The molecule has 2 fully saturated rings. The van der Waals surface area contributed by atoms with Crippen LogP contribution in [0.25, 0.3) is 0 Å². The quantitative estimate of drug-likeness (QED) is 0.310. The normalized spacial score (nSPS) is 24.7. The second-order valence-electron chi connectivity index (χ2n) is 10.0. The van der Waals surface area contributed by atoms with Gasteiger partial charge in [-0.25, -0.2) is 8.78 Å². The molecule has 2 saturated carbocycles. The average Bonchev–Trinajstić information content (AvgIpc) is 2.86. The van der Waals surface area contributed by atoms with Crippen LogP contribution in [0.2, 0.25) is 0 Å². The Hall–Kier alpha value is -2.66. The van der Waals surface area contributed by atoms with Gasteiger partial charge in [-0.3, -0.25) is 0 Å². The number of rotatable bonds is 5. The zero-order valence-corrected chi connectivity index (χ0v) is 20.5. The van der Waals surface area contributed by atoms with Gasteiger partial charge in [0.05, 0.1) is 5.56 Å². The van der Waals surface area contributed by atoms with E-state index in [1.807, 2.05) is 19.1 Å². The molecule has 0 aromatic heterocycles. The fourth-order valence-corrected chi connectivity index (χ4v) is 5.94. The van der Waals surface area contributed by atoms with Crippen LogP contribution in [-0.2, 0) is 6.42 Å². The summed E-state index contributed by atoms with van der Waals surface area (Å²) in [5.74, 6) is 6.55. The van der Waals surface area contributed by atoms with Crippen LogP contribution in [0, 0.1) is 41.2 Å². The Morgan fingerprint density at radius 2 is 1.59 bits per heavy atom. The van der Waals surface area contributed by atoms with E-state index >= 15 is 4.39 Å². The van der Waals surface area contributed by atoms with Gasteiger partial charge in [-0.05, 0) is 118 Å². The van der Waals surface area contributed by atoms with Crippen molar-refractivity contribution in [3.05, 3.63) is 94.6 Å². The number of benzene rings is 2. The summed E-state index contributed by atoms with van der Waals surface area (Å²) in [5.41, 5.74) is 2.74. The molecule has 2 heteroatoms. The van der Waals surface area contributed by atoms with Crippen LogP contribution in [0.3, 0.4) is 0 Å². The van der Waals surface area contributed by atoms with E-state index in [9.17, 15) is 4.39 Å². The van der Waals surface area contributed by atoms with Gasteiger partial charge in [0.2, 0.25) is 0 Å². The smallest absolute Gasteiger partial charge is 0.174 e. The second-order valence-corrected chi connectivity index (χ2v) is 10.0. The third-order valence-electron chi connectivity index (χ3n) is 7.80. The maximum atomic E-state index is 15.1. The summed E-state index contributed by atoms with van der Waals surface area (Å²) < 4.78 is 30.0. The van der Waals surface area contributed by atoms with Gasteiger partial charge in [0.1, 0.15) is 0 Å². The molecule has 4 rings (SSSR count). The Morgan fingerprint density at radius 1 is 0.824 bits per heavy atom. The van der Waals surface area contributed by atoms with Crippen molar-refractivity contribution in [3.8, 4) is 11.8 Å². The maximum absolute atomic E-state index is 15.1. The van der Waals surface area contributed by atoms with E-state index in [1.165, 1.54) is 24.8 Å². The molecule has 0 aliphatic heterocycles. The van der Waals surface area contributed by atoms with Crippen molar-refractivity contribution in [2.45, 2.75) is 71.1 Å². The molecule has 2 aliphatic carbocycles. The molecule has 0 radical (unpaired) electrons. The van der Waals surface area contributed by atoms with Gasteiger partial charge in [-0.15, -0.1) is 0 Å². The lowest BCUT2D eigenvalue weighted by molar-refractivity contribution is 0.132. The first-order valence-corrected chi connectivity index (χ1v) is 12.9. The summed E-state index contributed by atoms with van der Waals surface area (Å²) in [6.45, 7) is 4.12. The Labute approximate surface area is 204 Å². The number of allylic oxidation sites excluding steroid dienone is 4. The first kappa shape index (κ1) is 24.5. The Bertz CT molecular complexity index is 1080. The summed E-state index contributed by atoms with van der Waals surface area (Å²) in [7, 11) is 0. The number of aryl methyl sites for hydroxylation is 1. The summed E-state index contributed by atoms with van der Waals surface area (Å²) >= 11 is 0. The number of fused-ring (bicyclic) bond motifs is 1. The van der Waals surface area contributed by atoms with Crippen LogP contribution < -0.4 is 0 Å². The zero-order valence-electron chi connectivity index (χ0n) is 20.5. The lowest BCUT2D eigenvalue weighted by atomic mass is 9.64. The third-order valence-corrected chi connectivity index (χ3v) is 7.80. The molecule has 2 aromatic rings. The van der Waals surface area contributed by atoms with Crippen LogP contribution in [0.5, 0.6) is 0 Å². The highest BCUT2D eigenvalue weighted by molar-refractivity contribution is 5.45. The van der Waals surface area contributed by atoms with Gasteiger partial charge >= 0.3 is 0 Å². The summed E-state index contributed by atoms with van der Waals surface area (Å²) in [6, 6.07) is 11.4. The Morgan fingerprint density at radius 3 is 2.35 bits per heavy atom. The van der Waals surface area contributed by atoms with E-state index in [0.717, 1.165) is 43.6 Å². The third kappa shape index (κ3) is 5.87. The van der Waals surface area contributed by atoms with Gasteiger partial charge < -0.3 is 0 Å². The van der Waals surface area contributed by atoms with E-state index in [0.29, 0.717) is 17.4 Å². The molecule has 0 N–H and O–H groups in total. The fraction of sp³-hybridized carbons (Fsp3) is 0.438. The summed E-state index contributed by atoms with van der Waals surface area (Å²) in [5, 5.41) is 0. The molecule has 2 aromatic carbocycles. The van der Waals surface area contributed by atoms with Crippen LogP contribution >= 0.6 is 0 Å². The maximum Gasteiger partial charge on any atom is 0.174 e.